The molecule has 1 heterocycles. The SMILES string of the molecule is O=C(O)c1ccc(/C=C2/SC(=S)N(c3cccc4ccccc34)C2=O)cc1. The first kappa shape index (κ1) is 17.5. The zero-order chi connectivity index (χ0) is 19.0. The van der Waals surface area contributed by atoms with Crippen LogP contribution in [0.1, 0.15) is 15.9 Å². The average molecular weight is 391 g/mol. The van der Waals surface area contributed by atoms with E-state index in [0.717, 1.165) is 22.0 Å². The molecule has 1 saturated heterocycles. The number of carbonyl (C=O) groups excluding carboxylic acids is 1. The highest BCUT2D eigenvalue weighted by atomic mass is 32.2. The van der Waals surface area contributed by atoms with E-state index in [9.17, 15) is 9.59 Å². The van der Waals surface area contributed by atoms with Gasteiger partial charge in [-0.25, -0.2) is 4.79 Å². The lowest BCUT2D eigenvalue weighted by Crippen LogP contribution is -2.27. The summed E-state index contributed by atoms with van der Waals surface area (Å²) in [6, 6.07) is 20.0. The topological polar surface area (TPSA) is 57.6 Å². The van der Waals surface area contributed by atoms with Crippen LogP contribution in [0.3, 0.4) is 0 Å². The molecule has 6 heteroatoms. The van der Waals surface area contributed by atoms with Gasteiger partial charge in [0.25, 0.3) is 5.91 Å². The Kier molecular flexibility index (Phi) is 4.51. The van der Waals surface area contributed by atoms with E-state index in [2.05, 4.69) is 0 Å². The van der Waals surface area contributed by atoms with E-state index >= 15 is 0 Å². The molecule has 0 aromatic heterocycles. The van der Waals surface area contributed by atoms with Crippen LogP contribution < -0.4 is 4.90 Å². The summed E-state index contributed by atoms with van der Waals surface area (Å²) in [7, 11) is 0. The number of hydrogen-bond acceptors (Lipinski definition) is 4. The normalized spacial score (nSPS) is 15.7. The van der Waals surface area contributed by atoms with Gasteiger partial charge in [-0.15, -0.1) is 0 Å². The molecule has 0 spiro atoms. The Morgan fingerprint density at radius 3 is 2.44 bits per heavy atom. The summed E-state index contributed by atoms with van der Waals surface area (Å²) in [5.74, 6) is -1.16. The number of benzene rings is 3. The van der Waals surface area contributed by atoms with Crippen molar-refractivity contribution < 1.29 is 14.7 Å². The number of fused-ring (bicyclic) bond motifs is 1. The quantitative estimate of drug-likeness (QED) is 0.506. The van der Waals surface area contributed by atoms with Gasteiger partial charge in [0.2, 0.25) is 0 Å². The van der Waals surface area contributed by atoms with Gasteiger partial charge >= 0.3 is 5.97 Å². The number of amides is 1. The number of carboxylic acids is 1. The van der Waals surface area contributed by atoms with E-state index in [1.54, 1.807) is 23.1 Å². The summed E-state index contributed by atoms with van der Waals surface area (Å²) in [5, 5.41) is 11.0. The molecule has 4 nitrogen and oxygen atoms in total. The summed E-state index contributed by atoms with van der Waals surface area (Å²) in [6.07, 6.45) is 1.73. The maximum absolute atomic E-state index is 13.0. The van der Waals surface area contributed by atoms with Gasteiger partial charge in [-0.2, -0.15) is 0 Å². The predicted molar refractivity (Wildman–Crippen MR) is 113 cm³/mol. The second-order valence-corrected chi connectivity index (χ2v) is 7.62. The minimum Gasteiger partial charge on any atom is -0.478 e. The van der Waals surface area contributed by atoms with Crippen LogP contribution in [0, 0.1) is 0 Å². The van der Waals surface area contributed by atoms with Crippen molar-refractivity contribution in [2.75, 3.05) is 4.90 Å². The predicted octanol–water partition coefficient (Wildman–Crippen LogP) is 4.94. The zero-order valence-electron chi connectivity index (χ0n) is 14.0. The van der Waals surface area contributed by atoms with Gasteiger partial charge in [-0.3, -0.25) is 9.69 Å². The van der Waals surface area contributed by atoms with Crippen LogP contribution in [0.2, 0.25) is 0 Å². The van der Waals surface area contributed by atoms with E-state index < -0.39 is 5.97 Å². The van der Waals surface area contributed by atoms with Crippen molar-refractivity contribution in [1.82, 2.24) is 0 Å². The van der Waals surface area contributed by atoms with Crippen molar-refractivity contribution in [3.8, 4) is 0 Å². The fourth-order valence-corrected chi connectivity index (χ4v) is 4.24. The summed E-state index contributed by atoms with van der Waals surface area (Å²) in [5.41, 5.74) is 1.72. The molecule has 1 fully saturated rings. The van der Waals surface area contributed by atoms with Gasteiger partial charge in [-0.1, -0.05) is 72.5 Å². The Morgan fingerprint density at radius 2 is 1.70 bits per heavy atom. The lowest BCUT2D eigenvalue weighted by atomic mass is 10.1. The zero-order valence-corrected chi connectivity index (χ0v) is 15.6. The molecule has 1 N–H and O–H groups in total. The van der Waals surface area contributed by atoms with Crippen molar-refractivity contribution in [3.63, 3.8) is 0 Å². The number of carboxylic acid groups (broad SMARTS) is 1. The molecule has 1 aliphatic rings. The number of aromatic carboxylic acids is 1. The smallest absolute Gasteiger partial charge is 0.335 e. The highest BCUT2D eigenvalue weighted by Crippen LogP contribution is 2.38. The van der Waals surface area contributed by atoms with Crippen molar-refractivity contribution in [2.24, 2.45) is 0 Å². The first-order valence-corrected chi connectivity index (χ1v) is 9.36. The minimum atomic E-state index is -0.983. The van der Waals surface area contributed by atoms with Gasteiger partial charge in [0.15, 0.2) is 4.32 Å². The number of rotatable bonds is 3. The van der Waals surface area contributed by atoms with Gasteiger partial charge < -0.3 is 5.11 Å². The van der Waals surface area contributed by atoms with E-state index in [1.807, 2.05) is 42.5 Å². The third-order valence-corrected chi connectivity index (χ3v) is 5.56. The van der Waals surface area contributed by atoms with Crippen LogP contribution in [-0.2, 0) is 4.79 Å². The molecule has 0 bridgehead atoms. The molecule has 4 rings (SSSR count). The third kappa shape index (κ3) is 3.25. The van der Waals surface area contributed by atoms with Crippen LogP contribution in [-0.4, -0.2) is 21.3 Å². The highest BCUT2D eigenvalue weighted by Gasteiger charge is 2.34. The maximum atomic E-state index is 13.0. The van der Waals surface area contributed by atoms with Crippen LogP contribution >= 0.6 is 24.0 Å². The molecule has 3 aromatic carbocycles. The van der Waals surface area contributed by atoms with Gasteiger partial charge in [0, 0.05) is 5.39 Å². The van der Waals surface area contributed by atoms with Crippen molar-refractivity contribution in [1.29, 1.82) is 0 Å². The highest BCUT2D eigenvalue weighted by molar-refractivity contribution is 8.27. The summed E-state index contributed by atoms with van der Waals surface area (Å²) < 4.78 is 0.477. The second-order valence-electron chi connectivity index (χ2n) is 5.94. The van der Waals surface area contributed by atoms with Crippen molar-refractivity contribution in [3.05, 3.63) is 82.8 Å². The molecule has 0 saturated carbocycles. The molecular weight excluding hydrogens is 378 g/mol. The van der Waals surface area contributed by atoms with Gasteiger partial charge in [-0.05, 0) is 35.2 Å². The molecule has 0 unspecified atom stereocenters. The minimum absolute atomic E-state index is 0.177. The molecular formula is C21H13NO3S2. The molecule has 0 atom stereocenters. The number of hydrogen-bond donors (Lipinski definition) is 1. The standard InChI is InChI=1S/C21H13NO3S2/c23-19-18(12-13-8-10-15(11-9-13)20(24)25)27-21(26)22(19)17-7-3-5-14-4-1-2-6-16(14)17/h1-12H,(H,24,25)/b18-12+. The van der Waals surface area contributed by atoms with Crippen LogP contribution in [0.15, 0.2) is 71.6 Å². The number of anilines is 1. The summed E-state index contributed by atoms with van der Waals surface area (Å²) in [4.78, 5) is 26.0. The van der Waals surface area contributed by atoms with Gasteiger partial charge in [0.05, 0.1) is 16.2 Å². The van der Waals surface area contributed by atoms with E-state index in [1.165, 1.54) is 23.9 Å². The first-order chi connectivity index (χ1) is 13.0. The van der Waals surface area contributed by atoms with Crippen molar-refractivity contribution >= 4 is 62.7 Å². The molecule has 0 radical (unpaired) electrons. The number of nitrogens with zero attached hydrogens (tertiary/aromatic N) is 1. The fourth-order valence-electron chi connectivity index (χ4n) is 2.95. The Bertz CT molecular complexity index is 1110. The third-order valence-electron chi connectivity index (χ3n) is 4.26. The van der Waals surface area contributed by atoms with Crippen LogP contribution in [0.25, 0.3) is 16.8 Å². The Balaban J connectivity index is 1.70. The Labute approximate surface area is 165 Å². The first-order valence-electron chi connectivity index (χ1n) is 8.14. The van der Waals surface area contributed by atoms with Crippen LogP contribution in [0.5, 0.6) is 0 Å². The monoisotopic (exact) mass is 391 g/mol. The van der Waals surface area contributed by atoms with Crippen LogP contribution in [0.4, 0.5) is 5.69 Å². The number of carbonyl (C=O) groups is 2. The van der Waals surface area contributed by atoms with Crippen molar-refractivity contribution in [2.45, 2.75) is 0 Å². The molecule has 1 aliphatic heterocycles. The lowest BCUT2D eigenvalue weighted by molar-refractivity contribution is -0.113. The largest absolute Gasteiger partial charge is 0.478 e. The fraction of sp³-hybridized carbons (Fsp3) is 0. The molecule has 3 aromatic rings. The second kappa shape index (κ2) is 6.98. The Hall–Kier alpha value is -2.96. The van der Waals surface area contributed by atoms with Gasteiger partial charge in [0.1, 0.15) is 0 Å². The number of thiocarbonyl (C=S) groups is 1. The number of thioether (sulfide) groups is 1. The molecule has 1 amide bonds. The van der Waals surface area contributed by atoms with E-state index in [0.29, 0.717) is 9.23 Å². The molecule has 27 heavy (non-hydrogen) atoms. The lowest BCUT2D eigenvalue weighted by Gasteiger charge is -2.17. The average Bonchev–Trinajstić information content (AvgIpc) is 2.95. The summed E-state index contributed by atoms with van der Waals surface area (Å²) in [6.45, 7) is 0. The summed E-state index contributed by atoms with van der Waals surface area (Å²) >= 11 is 6.70. The molecule has 0 aliphatic carbocycles. The van der Waals surface area contributed by atoms with E-state index in [4.69, 9.17) is 17.3 Å². The maximum Gasteiger partial charge on any atom is 0.335 e. The Morgan fingerprint density at radius 1 is 1.00 bits per heavy atom. The molecule has 132 valence electrons. The van der Waals surface area contributed by atoms with E-state index in [-0.39, 0.29) is 11.5 Å².